The van der Waals surface area contributed by atoms with E-state index >= 15 is 0 Å². The number of rotatable bonds is 8. The molecule has 1 unspecified atom stereocenters. The van der Waals surface area contributed by atoms with Crippen LogP contribution >= 0.6 is 0 Å². The van der Waals surface area contributed by atoms with Crippen molar-refractivity contribution in [1.82, 2.24) is 14.8 Å². The van der Waals surface area contributed by atoms with Gasteiger partial charge in [-0.3, -0.25) is 14.6 Å². The summed E-state index contributed by atoms with van der Waals surface area (Å²) in [7, 11) is 3.79. The fraction of sp³-hybridized carbons (Fsp3) is 0.261. The van der Waals surface area contributed by atoms with E-state index in [-0.39, 0.29) is 11.3 Å². The molecule has 1 saturated heterocycles. The molecular weight excluding hydrogens is 382 g/mol. The van der Waals surface area contributed by atoms with E-state index in [0.29, 0.717) is 31.0 Å². The molecule has 1 fully saturated rings. The molecule has 1 aromatic carbocycles. The van der Waals surface area contributed by atoms with E-state index in [1.807, 2.05) is 19.0 Å². The summed E-state index contributed by atoms with van der Waals surface area (Å²) in [5.74, 6) is -0.910. The number of hydrogen-bond donors (Lipinski definition) is 1. The summed E-state index contributed by atoms with van der Waals surface area (Å²) in [5.41, 5.74) is 1.23. The van der Waals surface area contributed by atoms with Gasteiger partial charge in [-0.25, -0.2) is 0 Å². The van der Waals surface area contributed by atoms with Crippen molar-refractivity contribution in [2.24, 2.45) is 0 Å². The van der Waals surface area contributed by atoms with Crippen molar-refractivity contribution in [3.63, 3.8) is 0 Å². The van der Waals surface area contributed by atoms with Gasteiger partial charge in [-0.15, -0.1) is 0 Å². The largest absolute Gasteiger partial charge is 0.507 e. The highest BCUT2D eigenvalue weighted by Crippen LogP contribution is 2.39. The fourth-order valence-corrected chi connectivity index (χ4v) is 3.33. The smallest absolute Gasteiger partial charge is 0.295 e. The maximum atomic E-state index is 12.9. The molecule has 1 amide bonds. The van der Waals surface area contributed by atoms with Gasteiger partial charge in [0.15, 0.2) is 0 Å². The second-order valence-corrected chi connectivity index (χ2v) is 7.20. The van der Waals surface area contributed by atoms with Crippen molar-refractivity contribution in [2.75, 3.05) is 33.8 Å². The number of aliphatic hydroxyl groups is 1. The highest BCUT2D eigenvalue weighted by atomic mass is 16.5. The van der Waals surface area contributed by atoms with Crippen molar-refractivity contribution in [3.05, 3.63) is 78.1 Å². The molecule has 0 aliphatic carbocycles. The zero-order valence-corrected chi connectivity index (χ0v) is 17.1. The van der Waals surface area contributed by atoms with Crippen LogP contribution in [0, 0.1) is 0 Å². The molecule has 0 saturated carbocycles. The number of amides is 1. The van der Waals surface area contributed by atoms with Crippen LogP contribution in [-0.4, -0.2) is 65.4 Å². The van der Waals surface area contributed by atoms with Gasteiger partial charge in [-0.1, -0.05) is 12.7 Å². The van der Waals surface area contributed by atoms with Gasteiger partial charge in [0.1, 0.15) is 18.1 Å². The molecule has 1 aliphatic heterocycles. The van der Waals surface area contributed by atoms with Crippen LogP contribution in [0.2, 0.25) is 0 Å². The second-order valence-electron chi connectivity index (χ2n) is 7.20. The molecular formula is C23H25N3O4. The summed E-state index contributed by atoms with van der Waals surface area (Å²) >= 11 is 0. The Morgan fingerprint density at radius 2 is 1.87 bits per heavy atom. The lowest BCUT2D eigenvalue weighted by Gasteiger charge is -2.26. The zero-order chi connectivity index (χ0) is 21.7. The molecule has 1 aliphatic rings. The number of aliphatic hydroxyl groups excluding tert-OH is 1. The molecule has 3 rings (SSSR count). The van der Waals surface area contributed by atoms with Crippen LogP contribution in [0.3, 0.4) is 0 Å². The minimum atomic E-state index is -0.694. The number of benzene rings is 1. The highest BCUT2D eigenvalue weighted by molar-refractivity contribution is 6.46. The number of carbonyl (C=O) groups excluding carboxylic acids is 2. The Bertz CT molecular complexity index is 952. The van der Waals surface area contributed by atoms with Crippen LogP contribution in [0.4, 0.5) is 0 Å². The van der Waals surface area contributed by atoms with E-state index in [4.69, 9.17) is 4.74 Å². The predicted octanol–water partition coefficient (Wildman–Crippen LogP) is 2.63. The SMILES string of the molecule is C=CCOc1ccc(/C(O)=C2/C(=O)C(=O)N(CCN(C)C)C2c2ccncc2)cc1. The van der Waals surface area contributed by atoms with Gasteiger partial charge in [0.25, 0.3) is 11.7 Å². The first kappa shape index (κ1) is 21.3. The Kier molecular flexibility index (Phi) is 6.64. The van der Waals surface area contributed by atoms with E-state index in [9.17, 15) is 14.7 Å². The van der Waals surface area contributed by atoms with E-state index in [1.54, 1.807) is 54.9 Å². The number of ether oxygens (including phenoxy) is 1. The lowest BCUT2D eigenvalue weighted by Crippen LogP contribution is -2.35. The molecule has 0 radical (unpaired) electrons. The van der Waals surface area contributed by atoms with E-state index in [1.165, 1.54) is 4.90 Å². The average Bonchev–Trinajstić information content (AvgIpc) is 3.01. The van der Waals surface area contributed by atoms with E-state index in [2.05, 4.69) is 11.6 Å². The number of hydrogen-bond acceptors (Lipinski definition) is 6. The molecule has 156 valence electrons. The molecule has 30 heavy (non-hydrogen) atoms. The first-order chi connectivity index (χ1) is 14.4. The number of carbonyl (C=O) groups is 2. The third kappa shape index (κ3) is 4.41. The Balaban J connectivity index is 2.03. The standard InChI is InChI=1S/C23H25N3O4/c1-4-15-30-18-7-5-17(6-8-18)21(27)19-20(16-9-11-24-12-10-16)26(14-13-25(2)3)23(29)22(19)28/h4-12,20,27H,1,13-15H2,2-3H3/b21-19-. The summed E-state index contributed by atoms with van der Waals surface area (Å²) in [5, 5.41) is 11.0. The van der Waals surface area contributed by atoms with Crippen LogP contribution in [0.5, 0.6) is 5.75 Å². The van der Waals surface area contributed by atoms with Crippen molar-refractivity contribution in [2.45, 2.75) is 6.04 Å². The summed E-state index contributed by atoms with van der Waals surface area (Å²) in [6.07, 6.45) is 4.85. The molecule has 7 heteroatoms. The summed E-state index contributed by atoms with van der Waals surface area (Å²) in [6, 6.07) is 9.53. The Morgan fingerprint density at radius 3 is 2.47 bits per heavy atom. The number of aromatic nitrogens is 1. The molecule has 7 nitrogen and oxygen atoms in total. The van der Waals surface area contributed by atoms with Crippen molar-refractivity contribution in [3.8, 4) is 5.75 Å². The van der Waals surface area contributed by atoms with Gasteiger partial charge in [-0.2, -0.15) is 0 Å². The minimum Gasteiger partial charge on any atom is -0.507 e. The van der Waals surface area contributed by atoms with Crippen LogP contribution in [0.1, 0.15) is 17.2 Å². The molecule has 2 heterocycles. The first-order valence-electron chi connectivity index (χ1n) is 9.61. The average molecular weight is 407 g/mol. The van der Waals surface area contributed by atoms with Crippen LogP contribution in [0.15, 0.2) is 67.0 Å². The number of nitrogens with zero attached hydrogens (tertiary/aromatic N) is 3. The van der Waals surface area contributed by atoms with Gasteiger partial charge in [0.05, 0.1) is 11.6 Å². The molecule has 0 bridgehead atoms. The van der Waals surface area contributed by atoms with E-state index < -0.39 is 17.7 Å². The van der Waals surface area contributed by atoms with Crippen molar-refractivity contribution >= 4 is 17.4 Å². The molecule has 1 N–H and O–H groups in total. The van der Waals surface area contributed by atoms with Crippen molar-refractivity contribution in [1.29, 1.82) is 0 Å². The van der Waals surface area contributed by atoms with Gasteiger partial charge in [0, 0.05) is 31.0 Å². The van der Waals surface area contributed by atoms with Crippen LogP contribution < -0.4 is 4.74 Å². The quantitative estimate of drug-likeness (QED) is 0.314. The third-order valence-corrected chi connectivity index (χ3v) is 4.85. The Hall–Kier alpha value is -3.45. The van der Waals surface area contributed by atoms with Gasteiger partial charge in [0.2, 0.25) is 0 Å². The van der Waals surface area contributed by atoms with E-state index in [0.717, 1.165) is 5.56 Å². The monoisotopic (exact) mass is 407 g/mol. The third-order valence-electron chi connectivity index (χ3n) is 4.85. The predicted molar refractivity (Wildman–Crippen MR) is 114 cm³/mol. The maximum absolute atomic E-state index is 12.9. The fourth-order valence-electron chi connectivity index (χ4n) is 3.33. The summed E-state index contributed by atoms with van der Waals surface area (Å²) < 4.78 is 5.46. The molecule has 1 aromatic heterocycles. The second kappa shape index (κ2) is 9.37. The molecule has 2 aromatic rings. The van der Waals surface area contributed by atoms with Crippen molar-refractivity contribution < 1.29 is 19.4 Å². The highest BCUT2D eigenvalue weighted by Gasteiger charge is 2.45. The summed E-state index contributed by atoms with van der Waals surface area (Å²) in [6.45, 7) is 4.91. The van der Waals surface area contributed by atoms with Gasteiger partial charge < -0.3 is 19.6 Å². The van der Waals surface area contributed by atoms with Crippen LogP contribution in [-0.2, 0) is 9.59 Å². The Labute approximate surface area is 175 Å². The number of Topliss-reactive ketones (excluding diaryl/α,β-unsaturated/α-hetero) is 1. The normalized spacial score (nSPS) is 18.1. The number of likely N-dealkylation sites (N-methyl/N-ethyl adjacent to an activating group) is 1. The number of pyridine rings is 1. The first-order valence-corrected chi connectivity index (χ1v) is 9.61. The van der Waals surface area contributed by atoms with Gasteiger partial charge >= 0.3 is 0 Å². The maximum Gasteiger partial charge on any atom is 0.295 e. The topological polar surface area (TPSA) is 83.0 Å². The van der Waals surface area contributed by atoms with Crippen LogP contribution in [0.25, 0.3) is 5.76 Å². The summed E-state index contributed by atoms with van der Waals surface area (Å²) in [4.78, 5) is 33.1. The lowest BCUT2D eigenvalue weighted by atomic mass is 9.96. The van der Waals surface area contributed by atoms with Gasteiger partial charge in [-0.05, 0) is 56.1 Å². The molecule has 0 spiro atoms. The number of likely N-dealkylation sites (tertiary alicyclic amines) is 1. The molecule has 1 atom stereocenters. The lowest BCUT2D eigenvalue weighted by molar-refractivity contribution is -0.140. The Morgan fingerprint density at radius 1 is 1.20 bits per heavy atom. The minimum absolute atomic E-state index is 0.0738. The number of ketones is 1. The zero-order valence-electron chi connectivity index (χ0n) is 17.1.